The van der Waals surface area contributed by atoms with Crippen molar-refractivity contribution in [2.24, 2.45) is 5.92 Å². The summed E-state index contributed by atoms with van der Waals surface area (Å²) in [6, 6.07) is 0.988. The van der Waals surface area contributed by atoms with Gasteiger partial charge in [0.15, 0.2) is 0 Å². The Morgan fingerprint density at radius 2 is 2.03 bits per heavy atom. The van der Waals surface area contributed by atoms with Crippen LogP contribution in [0.15, 0.2) is 31.0 Å². The molecule has 3 fully saturated rings. The summed E-state index contributed by atoms with van der Waals surface area (Å²) in [5, 5.41) is 11.4. The number of morpholine rings is 1. The minimum atomic E-state index is 0.110. The zero-order valence-corrected chi connectivity index (χ0v) is 17.2. The van der Waals surface area contributed by atoms with Gasteiger partial charge < -0.3 is 15.4 Å². The molecule has 8 nitrogen and oxygen atoms in total. The van der Waals surface area contributed by atoms with Gasteiger partial charge in [-0.1, -0.05) is 0 Å². The number of hydrogen-bond acceptors (Lipinski definition) is 6. The maximum atomic E-state index is 12.8. The molecular formula is C22H30N6O2. The van der Waals surface area contributed by atoms with Crippen LogP contribution in [0.4, 0.5) is 0 Å². The lowest BCUT2D eigenvalue weighted by Gasteiger charge is -2.39. The second-order valence-corrected chi connectivity index (χ2v) is 8.79. The molecule has 0 aromatic carbocycles. The molecule has 8 heteroatoms. The van der Waals surface area contributed by atoms with Gasteiger partial charge in [-0.2, -0.15) is 5.10 Å². The lowest BCUT2D eigenvalue weighted by molar-refractivity contribution is -0.129. The number of carbonyl (C=O) groups excluding carboxylic acids is 1. The van der Waals surface area contributed by atoms with E-state index in [9.17, 15) is 4.79 Å². The van der Waals surface area contributed by atoms with Crippen LogP contribution in [-0.2, 0) is 9.53 Å². The molecule has 1 amide bonds. The topological polar surface area (TPSA) is 94.0 Å². The van der Waals surface area contributed by atoms with E-state index in [0.717, 1.165) is 69.4 Å². The van der Waals surface area contributed by atoms with Gasteiger partial charge in [0, 0.05) is 48.7 Å². The molecular weight excluding hydrogens is 380 g/mol. The van der Waals surface area contributed by atoms with Crippen molar-refractivity contribution in [3.05, 3.63) is 31.0 Å². The highest BCUT2D eigenvalue weighted by Crippen LogP contribution is 2.31. The fourth-order valence-electron chi connectivity index (χ4n) is 5.17. The summed E-state index contributed by atoms with van der Waals surface area (Å²) in [7, 11) is 0. The maximum Gasteiger partial charge on any atom is 0.223 e. The van der Waals surface area contributed by atoms with Crippen molar-refractivity contribution in [3.63, 3.8) is 0 Å². The Labute approximate surface area is 176 Å². The Hall–Kier alpha value is -2.32. The van der Waals surface area contributed by atoms with Gasteiger partial charge in [0.2, 0.25) is 5.91 Å². The van der Waals surface area contributed by atoms with Crippen molar-refractivity contribution in [1.82, 2.24) is 30.4 Å². The summed E-state index contributed by atoms with van der Waals surface area (Å²) in [6.07, 6.45) is 16.2. The predicted molar refractivity (Wildman–Crippen MR) is 112 cm³/mol. The molecule has 30 heavy (non-hydrogen) atoms. The number of nitrogens with one attached hydrogen (secondary N) is 2. The Morgan fingerprint density at radius 1 is 1.13 bits per heavy atom. The van der Waals surface area contributed by atoms with Crippen LogP contribution < -0.4 is 10.6 Å². The average molecular weight is 411 g/mol. The second-order valence-electron chi connectivity index (χ2n) is 8.79. The van der Waals surface area contributed by atoms with Crippen LogP contribution in [0.5, 0.6) is 0 Å². The van der Waals surface area contributed by atoms with Gasteiger partial charge in [-0.05, 0) is 44.9 Å². The molecule has 5 rings (SSSR count). The van der Waals surface area contributed by atoms with Crippen molar-refractivity contribution in [2.45, 2.75) is 69.2 Å². The van der Waals surface area contributed by atoms with Crippen molar-refractivity contribution in [1.29, 1.82) is 0 Å². The molecule has 160 valence electrons. The van der Waals surface area contributed by atoms with Crippen LogP contribution in [0, 0.1) is 5.92 Å². The van der Waals surface area contributed by atoms with Crippen LogP contribution in [0.25, 0.3) is 11.3 Å². The molecule has 0 bridgehead atoms. The van der Waals surface area contributed by atoms with Crippen LogP contribution in [0.1, 0.15) is 51.0 Å². The minimum Gasteiger partial charge on any atom is -0.375 e. The first-order valence-electron chi connectivity index (χ1n) is 11.2. The number of nitrogens with zero attached hydrogens (tertiary/aromatic N) is 4. The summed E-state index contributed by atoms with van der Waals surface area (Å²) in [5.74, 6) is 0.340. The number of hydrogen-bond donors (Lipinski definition) is 2. The highest BCUT2D eigenvalue weighted by atomic mass is 16.5. The molecule has 0 unspecified atom stereocenters. The third kappa shape index (κ3) is 4.25. The van der Waals surface area contributed by atoms with Crippen molar-refractivity contribution < 1.29 is 9.53 Å². The van der Waals surface area contributed by atoms with E-state index >= 15 is 0 Å². The van der Waals surface area contributed by atoms with Crippen LogP contribution in [-0.4, -0.2) is 57.0 Å². The molecule has 3 atom stereocenters. The first kappa shape index (κ1) is 19.6. The standard InChI is InChI=1S/C22H30N6O2/c29-22(15-1-6-21-19(11-15)25-9-10-30-21)27-17-2-4-18(5-3-17)28-14-16(12-26-28)20-13-23-7-8-24-20/h7-8,12-15,17-19,21,25H,1-6,9-11H2,(H,27,29)/t15-,17?,18?,19+,21+/m0/s1. The monoisotopic (exact) mass is 410 g/mol. The van der Waals surface area contributed by atoms with Gasteiger partial charge in [0.1, 0.15) is 0 Å². The van der Waals surface area contributed by atoms with E-state index in [1.807, 2.05) is 6.20 Å². The Balaban J connectivity index is 1.11. The highest BCUT2D eigenvalue weighted by Gasteiger charge is 2.36. The van der Waals surface area contributed by atoms with Crippen LogP contribution in [0.3, 0.4) is 0 Å². The summed E-state index contributed by atoms with van der Waals surface area (Å²) in [4.78, 5) is 21.3. The van der Waals surface area contributed by atoms with E-state index < -0.39 is 0 Å². The van der Waals surface area contributed by atoms with Gasteiger partial charge in [-0.3, -0.25) is 19.4 Å². The Morgan fingerprint density at radius 3 is 2.87 bits per heavy atom. The third-order valence-corrected chi connectivity index (χ3v) is 6.88. The quantitative estimate of drug-likeness (QED) is 0.802. The molecule has 3 heterocycles. The lowest BCUT2D eigenvalue weighted by Crippen LogP contribution is -2.53. The van der Waals surface area contributed by atoms with Crippen LogP contribution in [0.2, 0.25) is 0 Å². The van der Waals surface area contributed by atoms with Gasteiger partial charge in [-0.15, -0.1) is 0 Å². The first-order valence-corrected chi connectivity index (χ1v) is 11.2. The zero-order valence-electron chi connectivity index (χ0n) is 17.2. The van der Waals surface area contributed by atoms with E-state index in [-0.39, 0.29) is 17.9 Å². The van der Waals surface area contributed by atoms with E-state index in [0.29, 0.717) is 18.2 Å². The van der Waals surface area contributed by atoms with Gasteiger partial charge in [0.25, 0.3) is 0 Å². The van der Waals surface area contributed by atoms with Gasteiger partial charge in [-0.25, -0.2) is 0 Å². The van der Waals surface area contributed by atoms with E-state index in [1.54, 1.807) is 18.6 Å². The number of fused-ring (bicyclic) bond motifs is 1. The van der Waals surface area contributed by atoms with Crippen molar-refractivity contribution in [2.75, 3.05) is 13.2 Å². The smallest absolute Gasteiger partial charge is 0.223 e. The maximum absolute atomic E-state index is 12.8. The molecule has 2 aromatic heterocycles. The van der Waals surface area contributed by atoms with Crippen molar-refractivity contribution in [3.8, 4) is 11.3 Å². The van der Waals surface area contributed by atoms with E-state index in [1.165, 1.54) is 0 Å². The van der Waals surface area contributed by atoms with Gasteiger partial charge in [0.05, 0.1) is 36.8 Å². The zero-order chi connectivity index (χ0) is 20.3. The fraction of sp³-hybridized carbons (Fsp3) is 0.636. The molecule has 1 saturated heterocycles. The summed E-state index contributed by atoms with van der Waals surface area (Å²) < 4.78 is 7.89. The largest absolute Gasteiger partial charge is 0.375 e. The van der Waals surface area contributed by atoms with E-state index in [4.69, 9.17) is 4.74 Å². The highest BCUT2D eigenvalue weighted by molar-refractivity contribution is 5.79. The molecule has 2 saturated carbocycles. The number of aromatic nitrogens is 4. The molecule has 0 radical (unpaired) electrons. The average Bonchev–Trinajstić information content (AvgIpc) is 3.30. The van der Waals surface area contributed by atoms with Crippen molar-refractivity contribution >= 4 is 5.91 Å². The van der Waals surface area contributed by atoms with Crippen LogP contribution >= 0.6 is 0 Å². The number of amides is 1. The number of rotatable bonds is 4. The van der Waals surface area contributed by atoms with Gasteiger partial charge >= 0.3 is 0 Å². The molecule has 2 aromatic rings. The van der Waals surface area contributed by atoms with E-state index in [2.05, 4.69) is 36.6 Å². The summed E-state index contributed by atoms with van der Waals surface area (Å²) in [6.45, 7) is 1.68. The number of carbonyl (C=O) groups is 1. The fourth-order valence-corrected chi connectivity index (χ4v) is 5.17. The Kier molecular flexibility index (Phi) is 5.77. The third-order valence-electron chi connectivity index (χ3n) is 6.88. The molecule has 2 aliphatic carbocycles. The first-order chi connectivity index (χ1) is 14.8. The summed E-state index contributed by atoms with van der Waals surface area (Å²) in [5.41, 5.74) is 1.84. The normalized spacial score (nSPS) is 31.7. The SMILES string of the molecule is O=C(NC1CCC(n2cc(-c3cnccn3)cn2)CC1)[C@H]1CC[C@H]2OCCN[C@@H]2C1. The molecule has 3 aliphatic rings. The predicted octanol–water partition coefficient (Wildman–Crippen LogP) is 2.10. The number of ether oxygens (including phenoxy) is 1. The molecule has 1 aliphatic heterocycles. The summed E-state index contributed by atoms with van der Waals surface area (Å²) >= 11 is 0. The molecule has 0 spiro atoms. The second kappa shape index (κ2) is 8.81. The Bertz CT molecular complexity index is 848. The minimum absolute atomic E-state index is 0.110. The molecule has 2 N–H and O–H groups in total. The lowest BCUT2D eigenvalue weighted by atomic mass is 9.82.